The maximum absolute atomic E-state index is 12.4. The van der Waals surface area contributed by atoms with Gasteiger partial charge in [0.25, 0.3) is 0 Å². The Bertz CT molecular complexity index is 1100. The van der Waals surface area contributed by atoms with E-state index in [0.717, 1.165) is 10.0 Å². The molecule has 0 bridgehead atoms. The molecule has 29 heavy (non-hydrogen) atoms. The van der Waals surface area contributed by atoms with Crippen LogP contribution >= 0.6 is 15.9 Å². The molecule has 3 aromatic rings. The van der Waals surface area contributed by atoms with Crippen molar-refractivity contribution in [3.05, 3.63) is 71.1 Å². The lowest BCUT2D eigenvalue weighted by atomic mass is 10.2. The fraction of sp³-hybridized carbons (Fsp3) is 0.150. The number of rotatable bonds is 7. The number of nitrogens with zero attached hydrogens (tertiary/aromatic N) is 2. The van der Waals surface area contributed by atoms with Gasteiger partial charge in [-0.3, -0.25) is 9.78 Å². The highest BCUT2D eigenvalue weighted by Crippen LogP contribution is 2.25. The minimum absolute atomic E-state index is 0.143. The zero-order chi connectivity index (χ0) is 20.9. The molecule has 0 aliphatic heterocycles. The summed E-state index contributed by atoms with van der Waals surface area (Å²) < 4.78 is 31.1. The van der Waals surface area contributed by atoms with Crippen molar-refractivity contribution in [3.63, 3.8) is 0 Å². The average molecular weight is 476 g/mol. The second-order valence-corrected chi connectivity index (χ2v) is 9.22. The van der Waals surface area contributed by atoms with Crippen LogP contribution < -0.4 is 10.1 Å². The molecule has 7 nitrogen and oxygen atoms in total. The zero-order valence-electron chi connectivity index (χ0n) is 15.5. The first-order chi connectivity index (χ1) is 13.8. The van der Waals surface area contributed by atoms with E-state index in [0.29, 0.717) is 17.3 Å². The zero-order valence-corrected chi connectivity index (χ0v) is 17.9. The first kappa shape index (κ1) is 20.9. The first-order valence-corrected chi connectivity index (χ1v) is 11.1. The SMILES string of the molecule is Cc1cc(Oc2cnccn2)ccc1NC(=O)CCS(=O)(=O)c1ccc(Br)cc1. The second-order valence-electron chi connectivity index (χ2n) is 6.19. The van der Waals surface area contributed by atoms with E-state index in [1.54, 1.807) is 36.5 Å². The third-order valence-electron chi connectivity index (χ3n) is 4.00. The van der Waals surface area contributed by atoms with Gasteiger partial charge < -0.3 is 10.1 Å². The summed E-state index contributed by atoms with van der Waals surface area (Å²) in [5.41, 5.74) is 1.36. The van der Waals surface area contributed by atoms with E-state index in [-0.39, 0.29) is 23.0 Å². The number of carbonyl (C=O) groups is 1. The van der Waals surface area contributed by atoms with E-state index in [2.05, 4.69) is 31.2 Å². The molecular weight excluding hydrogens is 458 g/mol. The Morgan fingerprint density at radius 1 is 1.14 bits per heavy atom. The van der Waals surface area contributed by atoms with Crippen molar-refractivity contribution in [1.82, 2.24) is 9.97 Å². The lowest BCUT2D eigenvalue weighted by Crippen LogP contribution is -2.18. The molecule has 0 aliphatic rings. The molecule has 1 N–H and O–H groups in total. The predicted octanol–water partition coefficient (Wildman–Crippen LogP) is 4.14. The molecule has 0 atom stereocenters. The number of aromatic nitrogens is 2. The highest BCUT2D eigenvalue weighted by atomic mass is 79.9. The van der Waals surface area contributed by atoms with Crippen molar-refractivity contribution in [2.75, 3.05) is 11.1 Å². The van der Waals surface area contributed by atoms with Gasteiger partial charge >= 0.3 is 0 Å². The van der Waals surface area contributed by atoms with Gasteiger partial charge in [-0.05, 0) is 55.0 Å². The molecule has 0 unspecified atom stereocenters. The molecule has 1 heterocycles. The van der Waals surface area contributed by atoms with Crippen LogP contribution in [0.1, 0.15) is 12.0 Å². The van der Waals surface area contributed by atoms with Crippen LogP contribution in [0.5, 0.6) is 11.6 Å². The van der Waals surface area contributed by atoms with E-state index in [1.807, 2.05) is 6.92 Å². The first-order valence-electron chi connectivity index (χ1n) is 8.66. The van der Waals surface area contributed by atoms with Crippen molar-refractivity contribution in [1.29, 1.82) is 0 Å². The van der Waals surface area contributed by atoms with Crippen LogP contribution in [0.3, 0.4) is 0 Å². The Kier molecular flexibility index (Phi) is 6.60. The number of carbonyl (C=O) groups excluding carboxylic acids is 1. The van der Waals surface area contributed by atoms with Crippen LogP contribution in [-0.4, -0.2) is 30.0 Å². The Balaban J connectivity index is 1.59. The van der Waals surface area contributed by atoms with E-state index in [9.17, 15) is 13.2 Å². The Morgan fingerprint density at radius 3 is 2.55 bits per heavy atom. The maximum Gasteiger partial charge on any atom is 0.237 e. The van der Waals surface area contributed by atoms with Crippen LogP contribution in [0.4, 0.5) is 5.69 Å². The Hall–Kier alpha value is -2.78. The number of amides is 1. The van der Waals surface area contributed by atoms with E-state index in [4.69, 9.17) is 4.74 Å². The van der Waals surface area contributed by atoms with Gasteiger partial charge in [-0.15, -0.1) is 0 Å². The average Bonchev–Trinajstić information content (AvgIpc) is 2.70. The van der Waals surface area contributed by atoms with Crippen LogP contribution in [0, 0.1) is 6.92 Å². The minimum atomic E-state index is -3.53. The van der Waals surface area contributed by atoms with Crippen molar-refractivity contribution in [3.8, 4) is 11.6 Å². The lowest BCUT2D eigenvalue weighted by Gasteiger charge is -2.11. The number of anilines is 1. The van der Waals surface area contributed by atoms with Crippen LogP contribution in [0.25, 0.3) is 0 Å². The molecule has 0 aliphatic carbocycles. The third kappa shape index (κ3) is 5.85. The fourth-order valence-corrected chi connectivity index (χ4v) is 4.00. The lowest BCUT2D eigenvalue weighted by molar-refractivity contribution is -0.115. The van der Waals surface area contributed by atoms with E-state index < -0.39 is 9.84 Å². The maximum atomic E-state index is 12.4. The number of hydrogen-bond acceptors (Lipinski definition) is 6. The normalized spacial score (nSPS) is 11.1. The molecule has 0 spiro atoms. The molecule has 3 rings (SSSR count). The Morgan fingerprint density at radius 2 is 1.90 bits per heavy atom. The standard InChI is InChI=1S/C20H18BrN3O4S/c1-14-12-16(28-20-13-22-9-10-23-20)4-7-18(14)24-19(25)8-11-29(26,27)17-5-2-15(21)3-6-17/h2-7,9-10,12-13H,8,11H2,1H3,(H,24,25). The highest BCUT2D eigenvalue weighted by Gasteiger charge is 2.17. The van der Waals surface area contributed by atoms with Gasteiger partial charge in [0.15, 0.2) is 9.84 Å². The number of nitrogens with one attached hydrogen (secondary N) is 1. The molecule has 2 aromatic carbocycles. The third-order valence-corrected chi connectivity index (χ3v) is 6.27. The van der Waals surface area contributed by atoms with Crippen LogP contribution in [0.15, 0.2) is 70.4 Å². The number of aryl methyl sites for hydroxylation is 1. The summed E-state index contributed by atoms with van der Waals surface area (Å²) in [6, 6.07) is 11.5. The quantitative estimate of drug-likeness (QED) is 0.551. The van der Waals surface area contributed by atoms with Crippen LogP contribution in [-0.2, 0) is 14.6 Å². The largest absolute Gasteiger partial charge is 0.437 e. The van der Waals surface area contributed by atoms with Crippen molar-refractivity contribution in [2.24, 2.45) is 0 Å². The topological polar surface area (TPSA) is 98.2 Å². The summed E-state index contributed by atoms with van der Waals surface area (Å²) >= 11 is 3.27. The molecule has 0 radical (unpaired) electrons. The summed E-state index contributed by atoms with van der Waals surface area (Å²) in [5.74, 6) is 0.268. The number of sulfone groups is 1. The summed E-state index contributed by atoms with van der Waals surface area (Å²) in [6.45, 7) is 1.82. The van der Waals surface area contributed by atoms with Gasteiger partial charge in [0.2, 0.25) is 11.8 Å². The summed E-state index contributed by atoms with van der Waals surface area (Å²) in [7, 11) is -3.53. The predicted molar refractivity (Wildman–Crippen MR) is 113 cm³/mol. The molecule has 0 fully saturated rings. The van der Waals surface area contributed by atoms with Crippen LogP contribution in [0.2, 0.25) is 0 Å². The minimum Gasteiger partial charge on any atom is -0.437 e. The number of benzene rings is 2. The molecule has 1 amide bonds. The van der Waals surface area contributed by atoms with Gasteiger partial charge in [-0.25, -0.2) is 13.4 Å². The number of hydrogen-bond donors (Lipinski definition) is 1. The van der Waals surface area contributed by atoms with Gasteiger partial charge in [0.1, 0.15) is 5.75 Å². The molecule has 9 heteroatoms. The second kappa shape index (κ2) is 9.15. The van der Waals surface area contributed by atoms with Gasteiger partial charge in [-0.2, -0.15) is 0 Å². The molecule has 1 aromatic heterocycles. The van der Waals surface area contributed by atoms with Crippen molar-refractivity contribution < 1.29 is 17.9 Å². The van der Waals surface area contributed by atoms with E-state index in [1.165, 1.54) is 24.5 Å². The summed E-state index contributed by atoms with van der Waals surface area (Å²) in [4.78, 5) is 20.4. The smallest absolute Gasteiger partial charge is 0.237 e. The van der Waals surface area contributed by atoms with Gasteiger partial charge in [0, 0.05) is 29.0 Å². The number of ether oxygens (including phenoxy) is 1. The highest BCUT2D eigenvalue weighted by molar-refractivity contribution is 9.10. The van der Waals surface area contributed by atoms with Crippen molar-refractivity contribution in [2.45, 2.75) is 18.2 Å². The fourth-order valence-electron chi connectivity index (χ4n) is 2.50. The summed E-state index contributed by atoms with van der Waals surface area (Å²) in [6.07, 6.45) is 4.43. The molecule has 0 saturated carbocycles. The molecular formula is C20H18BrN3O4S. The van der Waals surface area contributed by atoms with Crippen molar-refractivity contribution >= 4 is 37.4 Å². The van der Waals surface area contributed by atoms with Gasteiger partial charge in [0.05, 0.1) is 16.8 Å². The molecule has 150 valence electrons. The number of halogens is 1. The Labute approximate surface area is 177 Å². The summed E-state index contributed by atoms with van der Waals surface area (Å²) in [5, 5.41) is 2.74. The monoisotopic (exact) mass is 475 g/mol. The van der Waals surface area contributed by atoms with Gasteiger partial charge in [-0.1, -0.05) is 15.9 Å². The molecule has 0 saturated heterocycles. The van der Waals surface area contributed by atoms with E-state index >= 15 is 0 Å².